The van der Waals surface area contributed by atoms with E-state index in [0.29, 0.717) is 11.3 Å². The summed E-state index contributed by atoms with van der Waals surface area (Å²) in [6.07, 6.45) is 2.33. The van der Waals surface area contributed by atoms with Gasteiger partial charge in [0.15, 0.2) is 17.0 Å². The Morgan fingerprint density at radius 3 is 2.52 bits per heavy atom. The second kappa shape index (κ2) is 10.1. The standard InChI is InChI=1S/C19H19ClN2O4S/c1-12(19(25)22-15-4-3-11-21-18(15)20)26-17(24)10-9-16(23)13-5-7-14(27-2)8-6-13/h3-8,11-12H,9-10H2,1-2H3,(H,22,25)/t12-/m1/s1. The van der Waals surface area contributed by atoms with Crippen LogP contribution in [0.2, 0.25) is 5.15 Å². The van der Waals surface area contributed by atoms with Crippen LogP contribution in [0.3, 0.4) is 0 Å². The van der Waals surface area contributed by atoms with Crippen LogP contribution in [0.5, 0.6) is 0 Å². The lowest BCUT2D eigenvalue weighted by atomic mass is 10.1. The molecule has 1 N–H and O–H groups in total. The molecule has 0 aliphatic heterocycles. The van der Waals surface area contributed by atoms with Gasteiger partial charge < -0.3 is 10.1 Å². The number of ketones is 1. The fourth-order valence-electron chi connectivity index (χ4n) is 2.16. The Balaban J connectivity index is 1.81. The van der Waals surface area contributed by atoms with Gasteiger partial charge in [-0.2, -0.15) is 0 Å². The second-order valence-electron chi connectivity index (χ2n) is 5.61. The van der Waals surface area contributed by atoms with E-state index in [1.807, 2.05) is 18.4 Å². The van der Waals surface area contributed by atoms with Crippen molar-refractivity contribution in [1.82, 2.24) is 4.98 Å². The predicted octanol–water partition coefficient (Wildman–Crippen LogP) is 3.99. The van der Waals surface area contributed by atoms with Gasteiger partial charge in [-0.15, -0.1) is 11.8 Å². The van der Waals surface area contributed by atoms with Gasteiger partial charge in [0.1, 0.15) is 0 Å². The average Bonchev–Trinajstić information content (AvgIpc) is 2.67. The highest BCUT2D eigenvalue weighted by atomic mass is 35.5. The Morgan fingerprint density at radius 2 is 1.89 bits per heavy atom. The van der Waals surface area contributed by atoms with Crippen molar-refractivity contribution < 1.29 is 19.1 Å². The number of Topliss-reactive ketones (excluding diaryl/α,β-unsaturated/α-hetero) is 1. The Morgan fingerprint density at radius 1 is 1.19 bits per heavy atom. The summed E-state index contributed by atoms with van der Waals surface area (Å²) >= 11 is 7.45. The molecule has 0 fully saturated rings. The monoisotopic (exact) mass is 406 g/mol. The maximum atomic E-state index is 12.1. The maximum absolute atomic E-state index is 12.1. The summed E-state index contributed by atoms with van der Waals surface area (Å²) in [5.41, 5.74) is 0.869. The number of nitrogens with zero attached hydrogens (tertiary/aromatic N) is 1. The van der Waals surface area contributed by atoms with Crippen LogP contribution in [0.4, 0.5) is 5.69 Å². The highest BCUT2D eigenvalue weighted by Crippen LogP contribution is 2.18. The first-order valence-electron chi connectivity index (χ1n) is 8.19. The molecule has 1 amide bonds. The Hall–Kier alpha value is -2.38. The van der Waals surface area contributed by atoms with Gasteiger partial charge in [-0.25, -0.2) is 4.98 Å². The molecule has 8 heteroatoms. The van der Waals surface area contributed by atoms with Gasteiger partial charge in [0, 0.05) is 23.1 Å². The number of aromatic nitrogens is 1. The van der Waals surface area contributed by atoms with Crippen molar-refractivity contribution in [2.45, 2.75) is 30.8 Å². The zero-order chi connectivity index (χ0) is 19.8. The SMILES string of the molecule is CSc1ccc(C(=O)CCC(=O)O[C@H](C)C(=O)Nc2cccnc2Cl)cc1. The summed E-state index contributed by atoms with van der Waals surface area (Å²) < 4.78 is 5.08. The van der Waals surface area contributed by atoms with Crippen LogP contribution in [-0.4, -0.2) is 35.0 Å². The van der Waals surface area contributed by atoms with Gasteiger partial charge in [0.25, 0.3) is 5.91 Å². The number of carbonyl (C=O) groups is 3. The van der Waals surface area contributed by atoms with Gasteiger partial charge in [-0.05, 0) is 37.4 Å². The van der Waals surface area contributed by atoms with Gasteiger partial charge in [-0.1, -0.05) is 23.7 Å². The van der Waals surface area contributed by atoms with Crippen molar-refractivity contribution in [3.05, 3.63) is 53.3 Å². The van der Waals surface area contributed by atoms with Gasteiger partial charge >= 0.3 is 5.97 Å². The zero-order valence-electron chi connectivity index (χ0n) is 14.9. The van der Waals surface area contributed by atoms with Gasteiger partial charge in [0.2, 0.25) is 0 Å². The van der Waals surface area contributed by atoms with Crippen LogP contribution in [-0.2, 0) is 14.3 Å². The number of hydrogen-bond donors (Lipinski definition) is 1. The number of carbonyl (C=O) groups excluding carboxylic acids is 3. The summed E-state index contributed by atoms with van der Waals surface area (Å²) in [4.78, 5) is 41.0. The van der Waals surface area contributed by atoms with E-state index in [9.17, 15) is 14.4 Å². The first-order chi connectivity index (χ1) is 12.9. The van der Waals surface area contributed by atoms with Gasteiger partial charge in [-0.3, -0.25) is 14.4 Å². The number of pyridine rings is 1. The summed E-state index contributed by atoms with van der Waals surface area (Å²) in [6.45, 7) is 1.44. The number of amides is 1. The lowest BCUT2D eigenvalue weighted by Gasteiger charge is -2.13. The molecule has 1 aromatic carbocycles. The summed E-state index contributed by atoms with van der Waals surface area (Å²) in [5.74, 6) is -1.31. The fourth-order valence-corrected chi connectivity index (χ4v) is 2.73. The number of thioether (sulfide) groups is 1. The number of nitrogens with one attached hydrogen (secondary N) is 1. The third-order valence-electron chi connectivity index (χ3n) is 3.66. The number of hydrogen-bond acceptors (Lipinski definition) is 6. The number of anilines is 1. The van der Waals surface area contributed by atoms with Crippen molar-refractivity contribution in [2.24, 2.45) is 0 Å². The predicted molar refractivity (Wildman–Crippen MR) is 105 cm³/mol. The zero-order valence-corrected chi connectivity index (χ0v) is 16.5. The van der Waals surface area contributed by atoms with E-state index in [1.54, 1.807) is 36.0 Å². The quantitative estimate of drug-likeness (QED) is 0.309. The van der Waals surface area contributed by atoms with Crippen LogP contribution in [0.25, 0.3) is 0 Å². The smallest absolute Gasteiger partial charge is 0.307 e. The molecule has 0 radical (unpaired) electrons. The topological polar surface area (TPSA) is 85.4 Å². The highest BCUT2D eigenvalue weighted by molar-refractivity contribution is 7.98. The molecule has 1 atom stereocenters. The number of benzene rings is 1. The van der Waals surface area contributed by atoms with E-state index in [1.165, 1.54) is 13.1 Å². The van der Waals surface area contributed by atoms with Crippen molar-refractivity contribution in [2.75, 3.05) is 11.6 Å². The lowest BCUT2D eigenvalue weighted by Crippen LogP contribution is -2.30. The Labute approximate surface area is 166 Å². The Bertz CT molecular complexity index is 827. The van der Waals surface area contributed by atoms with E-state index >= 15 is 0 Å². The van der Waals surface area contributed by atoms with E-state index in [0.717, 1.165) is 4.90 Å². The van der Waals surface area contributed by atoms with Crippen molar-refractivity contribution in [3.63, 3.8) is 0 Å². The van der Waals surface area contributed by atoms with Crippen molar-refractivity contribution in [1.29, 1.82) is 0 Å². The van der Waals surface area contributed by atoms with E-state index < -0.39 is 18.0 Å². The maximum Gasteiger partial charge on any atom is 0.307 e. The van der Waals surface area contributed by atoms with Crippen LogP contribution in [0, 0.1) is 0 Å². The molecule has 2 rings (SSSR count). The number of rotatable bonds is 8. The van der Waals surface area contributed by atoms with Crippen molar-refractivity contribution in [3.8, 4) is 0 Å². The summed E-state index contributed by atoms with van der Waals surface area (Å²) in [5, 5.41) is 2.68. The minimum absolute atomic E-state index is 0.0141. The molecule has 27 heavy (non-hydrogen) atoms. The largest absolute Gasteiger partial charge is 0.453 e. The lowest BCUT2D eigenvalue weighted by molar-refractivity contribution is -0.153. The van der Waals surface area contributed by atoms with Crippen LogP contribution >= 0.6 is 23.4 Å². The van der Waals surface area contributed by atoms with Crippen molar-refractivity contribution >= 4 is 46.7 Å². The van der Waals surface area contributed by atoms with Crippen LogP contribution in [0.15, 0.2) is 47.5 Å². The summed E-state index contributed by atoms with van der Waals surface area (Å²) in [6, 6.07) is 10.4. The summed E-state index contributed by atoms with van der Waals surface area (Å²) in [7, 11) is 0. The first kappa shape index (κ1) is 20.9. The molecule has 0 bridgehead atoms. The first-order valence-corrected chi connectivity index (χ1v) is 9.79. The minimum atomic E-state index is -1.02. The van der Waals surface area contributed by atoms with E-state index in [4.69, 9.17) is 16.3 Å². The van der Waals surface area contributed by atoms with Gasteiger partial charge in [0.05, 0.1) is 12.1 Å². The molecular weight excluding hydrogens is 388 g/mol. The molecule has 6 nitrogen and oxygen atoms in total. The molecule has 0 spiro atoms. The fraction of sp³-hybridized carbons (Fsp3) is 0.263. The second-order valence-corrected chi connectivity index (χ2v) is 6.85. The number of halogens is 1. The molecule has 0 aliphatic carbocycles. The molecule has 0 saturated carbocycles. The molecule has 142 valence electrons. The normalized spacial score (nSPS) is 11.5. The molecule has 1 heterocycles. The molecule has 1 aromatic heterocycles. The number of esters is 1. The highest BCUT2D eigenvalue weighted by Gasteiger charge is 2.19. The van der Waals surface area contributed by atoms with E-state index in [-0.39, 0.29) is 23.8 Å². The molecule has 0 aliphatic rings. The van der Waals surface area contributed by atoms with Crippen LogP contribution in [0.1, 0.15) is 30.1 Å². The molecule has 2 aromatic rings. The third-order valence-corrected chi connectivity index (χ3v) is 4.71. The average molecular weight is 407 g/mol. The minimum Gasteiger partial charge on any atom is -0.453 e. The third kappa shape index (κ3) is 6.37. The van der Waals surface area contributed by atoms with Crippen LogP contribution < -0.4 is 5.32 Å². The van der Waals surface area contributed by atoms with E-state index in [2.05, 4.69) is 10.3 Å². The Kier molecular flexibility index (Phi) is 7.82. The molecular formula is C19H19ClN2O4S. The molecule has 0 unspecified atom stereocenters. The number of ether oxygens (including phenoxy) is 1. The molecule has 0 saturated heterocycles.